The molecular formula is C8H6Cl3FO. The molecule has 0 fully saturated rings. The molecule has 0 amide bonds. The molecule has 0 aliphatic carbocycles. The van der Waals surface area contributed by atoms with E-state index in [4.69, 9.17) is 34.8 Å². The molecule has 0 aromatic heterocycles. The van der Waals surface area contributed by atoms with E-state index in [-0.39, 0.29) is 21.5 Å². The largest absolute Gasteiger partial charge is 0.387 e. The first-order valence-corrected chi connectivity index (χ1v) is 4.73. The van der Waals surface area contributed by atoms with Crippen LogP contribution < -0.4 is 0 Å². The highest BCUT2D eigenvalue weighted by Gasteiger charge is 2.15. The van der Waals surface area contributed by atoms with Gasteiger partial charge in [-0.3, -0.25) is 0 Å². The van der Waals surface area contributed by atoms with Crippen LogP contribution >= 0.6 is 34.8 Å². The summed E-state index contributed by atoms with van der Waals surface area (Å²) in [6.45, 7) is 0. The third kappa shape index (κ3) is 2.47. The van der Waals surface area contributed by atoms with Gasteiger partial charge in [-0.25, -0.2) is 4.39 Å². The highest BCUT2D eigenvalue weighted by atomic mass is 35.5. The Morgan fingerprint density at radius 3 is 2.54 bits per heavy atom. The Balaban J connectivity index is 3.20. The number of aliphatic hydroxyl groups is 1. The van der Waals surface area contributed by atoms with Crippen LogP contribution in [0.15, 0.2) is 12.1 Å². The molecular weight excluding hydrogens is 237 g/mol. The molecule has 1 nitrogen and oxygen atoms in total. The number of rotatable bonds is 2. The van der Waals surface area contributed by atoms with Gasteiger partial charge in [-0.2, -0.15) is 0 Å². The fourth-order valence-electron chi connectivity index (χ4n) is 0.901. The Morgan fingerprint density at radius 1 is 1.38 bits per heavy atom. The van der Waals surface area contributed by atoms with Crippen molar-refractivity contribution in [2.45, 2.75) is 6.10 Å². The van der Waals surface area contributed by atoms with E-state index in [1.165, 1.54) is 12.1 Å². The number of alkyl halides is 1. The molecule has 1 rings (SSSR count). The third-order valence-corrected chi connectivity index (χ3v) is 2.31. The summed E-state index contributed by atoms with van der Waals surface area (Å²) in [4.78, 5) is 0. The van der Waals surface area contributed by atoms with Crippen LogP contribution in [-0.4, -0.2) is 11.0 Å². The fraction of sp³-hybridized carbons (Fsp3) is 0.250. The van der Waals surface area contributed by atoms with Gasteiger partial charge in [0.25, 0.3) is 0 Å². The van der Waals surface area contributed by atoms with Crippen molar-refractivity contribution in [1.29, 1.82) is 0 Å². The van der Waals surface area contributed by atoms with Crippen LogP contribution in [0.5, 0.6) is 0 Å². The van der Waals surface area contributed by atoms with Gasteiger partial charge in [0.2, 0.25) is 0 Å². The van der Waals surface area contributed by atoms with Crippen molar-refractivity contribution in [1.82, 2.24) is 0 Å². The maximum atomic E-state index is 13.2. The van der Waals surface area contributed by atoms with Crippen molar-refractivity contribution < 1.29 is 9.50 Å². The fourth-order valence-corrected chi connectivity index (χ4v) is 1.58. The van der Waals surface area contributed by atoms with E-state index in [1.54, 1.807) is 0 Å². The number of aliphatic hydroxyl groups excluding tert-OH is 1. The summed E-state index contributed by atoms with van der Waals surface area (Å²) in [6, 6.07) is 2.57. The second-order valence-electron chi connectivity index (χ2n) is 2.46. The number of benzene rings is 1. The predicted octanol–water partition coefficient (Wildman–Crippen LogP) is 3.40. The first-order chi connectivity index (χ1) is 6.06. The third-order valence-electron chi connectivity index (χ3n) is 1.53. The molecule has 0 aliphatic rings. The molecule has 13 heavy (non-hydrogen) atoms. The topological polar surface area (TPSA) is 20.2 Å². The lowest BCUT2D eigenvalue weighted by atomic mass is 10.1. The molecule has 5 heteroatoms. The van der Waals surface area contributed by atoms with Crippen LogP contribution in [0.2, 0.25) is 10.0 Å². The Kier molecular flexibility index (Phi) is 3.80. The van der Waals surface area contributed by atoms with E-state index in [0.717, 1.165) is 0 Å². The molecule has 0 saturated carbocycles. The second-order valence-corrected chi connectivity index (χ2v) is 3.61. The quantitative estimate of drug-likeness (QED) is 0.623. The monoisotopic (exact) mass is 242 g/mol. The van der Waals surface area contributed by atoms with Crippen LogP contribution in [-0.2, 0) is 0 Å². The Labute approximate surface area is 90.0 Å². The molecule has 0 saturated heterocycles. The van der Waals surface area contributed by atoms with Gasteiger partial charge in [-0.05, 0) is 12.1 Å². The summed E-state index contributed by atoms with van der Waals surface area (Å²) >= 11 is 16.5. The Morgan fingerprint density at radius 2 is 2.00 bits per heavy atom. The molecule has 0 bridgehead atoms. The van der Waals surface area contributed by atoms with Crippen molar-refractivity contribution in [2.24, 2.45) is 0 Å². The molecule has 0 radical (unpaired) electrons. The molecule has 1 atom stereocenters. The summed E-state index contributed by atoms with van der Waals surface area (Å²) in [5.41, 5.74) is 0.0208. The summed E-state index contributed by atoms with van der Waals surface area (Å²) in [5, 5.41) is 9.42. The molecule has 72 valence electrons. The molecule has 1 aromatic carbocycles. The van der Waals surface area contributed by atoms with Crippen molar-refractivity contribution >= 4 is 34.8 Å². The van der Waals surface area contributed by atoms with Gasteiger partial charge in [-0.1, -0.05) is 23.2 Å². The number of hydrogen-bond donors (Lipinski definition) is 1. The maximum Gasteiger partial charge on any atom is 0.147 e. The minimum Gasteiger partial charge on any atom is -0.387 e. The normalized spacial score (nSPS) is 13.0. The van der Waals surface area contributed by atoms with Crippen LogP contribution in [0.4, 0.5) is 4.39 Å². The average molecular weight is 243 g/mol. The zero-order chi connectivity index (χ0) is 10.0. The van der Waals surface area contributed by atoms with Crippen LogP contribution in [0, 0.1) is 5.82 Å². The molecule has 0 heterocycles. The minimum absolute atomic E-state index is 0.0208. The van der Waals surface area contributed by atoms with E-state index in [0.29, 0.717) is 0 Å². The predicted molar refractivity (Wildman–Crippen MR) is 52.1 cm³/mol. The number of hydrogen-bond acceptors (Lipinski definition) is 1. The van der Waals surface area contributed by atoms with Gasteiger partial charge >= 0.3 is 0 Å². The van der Waals surface area contributed by atoms with Gasteiger partial charge in [0.05, 0.1) is 17.0 Å². The van der Waals surface area contributed by atoms with Gasteiger partial charge in [0.1, 0.15) is 5.82 Å². The smallest absolute Gasteiger partial charge is 0.147 e. The van der Waals surface area contributed by atoms with Gasteiger partial charge in [-0.15, -0.1) is 11.6 Å². The lowest BCUT2D eigenvalue weighted by Gasteiger charge is -2.09. The Hall–Kier alpha value is -0.0200. The first-order valence-electron chi connectivity index (χ1n) is 3.44. The zero-order valence-electron chi connectivity index (χ0n) is 6.40. The van der Waals surface area contributed by atoms with Crippen molar-refractivity contribution in [3.05, 3.63) is 33.6 Å². The van der Waals surface area contributed by atoms with E-state index >= 15 is 0 Å². The van der Waals surface area contributed by atoms with Crippen molar-refractivity contribution in [2.75, 3.05) is 5.88 Å². The maximum absolute atomic E-state index is 13.2. The summed E-state index contributed by atoms with van der Waals surface area (Å²) < 4.78 is 13.2. The molecule has 0 aliphatic heterocycles. The zero-order valence-corrected chi connectivity index (χ0v) is 8.67. The molecule has 0 unspecified atom stereocenters. The van der Waals surface area contributed by atoms with Gasteiger partial charge in [0.15, 0.2) is 0 Å². The van der Waals surface area contributed by atoms with Crippen LogP contribution in [0.3, 0.4) is 0 Å². The molecule has 0 spiro atoms. The van der Waals surface area contributed by atoms with E-state index in [2.05, 4.69) is 0 Å². The van der Waals surface area contributed by atoms with Gasteiger partial charge in [0, 0.05) is 10.6 Å². The van der Waals surface area contributed by atoms with Gasteiger partial charge < -0.3 is 5.11 Å². The summed E-state index contributed by atoms with van der Waals surface area (Å²) in [7, 11) is 0. The second kappa shape index (κ2) is 4.47. The summed E-state index contributed by atoms with van der Waals surface area (Å²) in [6.07, 6.45) is -1.09. The highest BCUT2D eigenvalue weighted by Crippen LogP contribution is 2.28. The summed E-state index contributed by atoms with van der Waals surface area (Å²) in [5.74, 6) is -0.785. The standard InChI is InChI=1S/C8H6Cl3FO/c9-3-7(13)5-1-4(10)2-6(11)8(5)12/h1-2,7,13H,3H2/t7-/m0/s1. The van der Waals surface area contributed by atoms with Crippen LogP contribution in [0.1, 0.15) is 11.7 Å². The van der Waals surface area contributed by atoms with E-state index in [9.17, 15) is 9.50 Å². The van der Waals surface area contributed by atoms with E-state index < -0.39 is 11.9 Å². The molecule has 1 aromatic rings. The number of halogens is 4. The lowest BCUT2D eigenvalue weighted by Crippen LogP contribution is -2.02. The van der Waals surface area contributed by atoms with Crippen molar-refractivity contribution in [3.63, 3.8) is 0 Å². The Bertz CT molecular complexity index is 317. The van der Waals surface area contributed by atoms with E-state index in [1.807, 2.05) is 0 Å². The van der Waals surface area contributed by atoms with Crippen molar-refractivity contribution in [3.8, 4) is 0 Å². The first kappa shape index (κ1) is 11.1. The van der Waals surface area contributed by atoms with Crippen LogP contribution in [0.25, 0.3) is 0 Å². The lowest BCUT2D eigenvalue weighted by molar-refractivity contribution is 0.197. The minimum atomic E-state index is -1.09. The molecule has 1 N–H and O–H groups in total. The SMILES string of the molecule is O[C@@H](CCl)c1cc(Cl)cc(Cl)c1F. The highest BCUT2D eigenvalue weighted by molar-refractivity contribution is 6.34. The average Bonchev–Trinajstić information content (AvgIpc) is 2.10.